The summed E-state index contributed by atoms with van der Waals surface area (Å²) in [6.45, 7) is 3.41. The maximum absolute atomic E-state index is 5.25. The molecule has 0 saturated heterocycles. The number of hydrogen-bond acceptors (Lipinski definition) is 1. The van der Waals surface area contributed by atoms with Gasteiger partial charge >= 0.3 is 0 Å². The van der Waals surface area contributed by atoms with Crippen LogP contribution in [0.25, 0.3) is 0 Å². The summed E-state index contributed by atoms with van der Waals surface area (Å²) >= 11 is 0. The van der Waals surface area contributed by atoms with Crippen molar-refractivity contribution in [3.63, 3.8) is 0 Å². The van der Waals surface area contributed by atoms with E-state index < -0.39 is 0 Å². The Kier molecular flexibility index (Phi) is 1.92. The standard InChI is InChI=1S/C10H18O/c1-7-8-3-4-9(5-8)10(7)6-11-2/h7-10H,3-6H2,1-2H3. The molecular weight excluding hydrogens is 136 g/mol. The molecule has 0 spiro atoms. The number of ether oxygens (including phenoxy) is 1. The molecule has 0 radical (unpaired) electrons. The van der Waals surface area contributed by atoms with E-state index in [-0.39, 0.29) is 0 Å². The second-order valence-corrected chi connectivity index (χ2v) is 4.31. The first-order valence-corrected chi connectivity index (χ1v) is 4.82. The SMILES string of the molecule is COCC1C2CCC(C2)C1C. The van der Waals surface area contributed by atoms with Crippen LogP contribution in [0, 0.1) is 23.7 Å². The van der Waals surface area contributed by atoms with Crippen molar-refractivity contribution in [2.24, 2.45) is 23.7 Å². The Morgan fingerprint density at radius 1 is 1.27 bits per heavy atom. The summed E-state index contributed by atoms with van der Waals surface area (Å²) in [5.74, 6) is 3.88. The second kappa shape index (κ2) is 2.78. The normalized spacial score (nSPS) is 48.5. The summed E-state index contributed by atoms with van der Waals surface area (Å²) in [7, 11) is 1.83. The lowest BCUT2D eigenvalue weighted by Gasteiger charge is -2.27. The number of methoxy groups -OCH3 is 1. The molecule has 0 aromatic rings. The van der Waals surface area contributed by atoms with E-state index in [1.807, 2.05) is 7.11 Å². The van der Waals surface area contributed by atoms with Crippen LogP contribution in [0.2, 0.25) is 0 Å². The minimum absolute atomic E-state index is 0.888. The van der Waals surface area contributed by atoms with E-state index in [4.69, 9.17) is 4.74 Å². The average Bonchev–Trinajstić information content (AvgIpc) is 2.54. The van der Waals surface area contributed by atoms with Gasteiger partial charge in [-0.2, -0.15) is 0 Å². The molecule has 1 heteroatoms. The third kappa shape index (κ3) is 1.10. The van der Waals surface area contributed by atoms with Gasteiger partial charge in [0.1, 0.15) is 0 Å². The van der Waals surface area contributed by atoms with Crippen molar-refractivity contribution < 1.29 is 4.74 Å². The van der Waals surface area contributed by atoms with Crippen molar-refractivity contribution in [2.75, 3.05) is 13.7 Å². The molecule has 1 nitrogen and oxygen atoms in total. The molecule has 0 aromatic carbocycles. The highest BCUT2D eigenvalue weighted by Crippen LogP contribution is 2.51. The van der Waals surface area contributed by atoms with E-state index in [9.17, 15) is 0 Å². The van der Waals surface area contributed by atoms with Crippen LogP contribution >= 0.6 is 0 Å². The molecule has 2 bridgehead atoms. The van der Waals surface area contributed by atoms with Crippen LogP contribution in [0.5, 0.6) is 0 Å². The van der Waals surface area contributed by atoms with Gasteiger partial charge in [0.25, 0.3) is 0 Å². The highest BCUT2D eigenvalue weighted by atomic mass is 16.5. The van der Waals surface area contributed by atoms with Gasteiger partial charge in [0, 0.05) is 13.7 Å². The Hall–Kier alpha value is -0.0400. The molecule has 11 heavy (non-hydrogen) atoms. The Labute approximate surface area is 69.1 Å². The van der Waals surface area contributed by atoms with Crippen molar-refractivity contribution in [2.45, 2.75) is 26.2 Å². The third-order valence-corrected chi connectivity index (χ3v) is 3.90. The maximum atomic E-state index is 5.25. The lowest BCUT2D eigenvalue weighted by molar-refractivity contribution is 0.0929. The van der Waals surface area contributed by atoms with Crippen LogP contribution in [0.4, 0.5) is 0 Å². The fourth-order valence-corrected chi connectivity index (χ4v) is 3.18. The molecule has 0 aliphatic heterocycles. The van der Waals surface area contributed by atoms with E-state index in [1.54, 1.807) is 0 Å². The fourth-order valence-electron chi connectivity index (χ4n) is 3.18. The lowest BCUT2D eigenvalue weighted by atomic mass is 9.81. The van der Waals surface area contributed by atoms with Gasteiger partial charge in [-0.05, 0) is 42.9 Å². The zero-order valence-corrected chi connectivity index (χ0v) is 7.55. The van der Waals surface area contributed by atoms with Gasteiger partial charge in [-0.1, -0.05) is 6.92 Å². The van der Waals surface area contributed by atoms with Crippen molar-refractivity contribution in [1.29, 1.82) is 0 Å². The van der Waals surface area contributed by atoms with Gasteiger partial charge in [-0.3, -0.25) is 0 Å². The van der Waals surface area contributed by atoms with Crippen molar-refractivity contribution in [3.8, 4) is 0 Å². The molecule has 0 heterocycles. The minimum atomic E-state index is 0.888. The molecule has 2 rings (SSSR count). The first-order chi connectivity index (χ1) is 5.33. The summed E-state index contributed by atoms with van der Waals surface area (Å²) in [6.07, 6.45) is 4.46. The van der Waals surface area contributed by atoms with Crippen LogP contribution in [0.15, 0.2) is 0 Å². The van der Waals surface area contributed by atoms with Gasteiger partial charge in [-0.25, -0.2) is 0 Å². The van der Waals surface area contributed by atoms with Crippen molar-refractivity contribution in [3.05, 3.63) is 0 Å². The molecule has 0 N–H and O–H groups in total. The van der Waals surface area contributed by atoms with Gasteiger partial charge < -0.3 is 4.74 Å². The zero-order valence-electron chi connectivity index (χ0n) is 7.55. The Morgan fingerprint density at radius 3 is 2.55 bits per heavy atom. The van der Waals surface area contributed by atoms with Gasteiger partial charge in [0.15, 0.2) is 0 Å². The quantitative estimate of drug-likeness (QED) is 0.593. The Balaban J connectivity index is 2.00. The highest BCUT2D eigenvalue weighted by molar-refractivity contribution is 4.94. The van der Waals surface area contributed by atoms with Gasteiger partial charge in [-0.15, -0.1) is 0 Å². The summed E-state index contributed by atoms with van der Waals surface area (Å²) < 4.78 is 5.25. The van der Waals surface area contributed by atoms with Crippen LogP contribution in [-0.2, 0) is 4.74 Å². The van der Waals surface area contributed by atoms with Crippen molar-refractivity contribution >= 4 is 0 Å². The number of fused-ring (bicyclic) bond motifs is 2. The minimum Gasteiger partial charge on any atom is -0.384 e. The van der Waals surface area contributed by atoms with Crippen LogP contribution < -0.4 is 0 Å². The molecule has 2 fully saturated rings. The average molecular weight is 154 g/mol. The molecular formula is C10H18O. The molecule has 2 aliphatic carbocycles. The third-order valence-electron chi connectivity index (χ3n) is 3.90. The fraction of sp³-hybridized carbons (Fsp3) is 1.00. The smallest absolute Gasteiger partial charge is 0.0495 e. The molecule has 0 amide bonds. The largest absolute Gasteiger partial charge is 0.384 e. The molecule has 2 saturated carbocycles. The number of rotatable bonds is 2. The predicted molar refractivity (Wildman–Crippen MR) is 45.4 cm³/mol. The molecule has 4 unspecified atom stereocenters. The summed E-state index contributed by atoms with van der Waals surface area (Å²) in [6, 6.07) is 0. The van der Waals surface area contributed by atoms with Gasteiger partial charge in [0.2, 0.25) is 0 Å². The summed E-state index contributed by atoms with van der Waals surface area (Å²) in [5.41, 5.74) is 0. The van der Waals surface area contributed by atoms with Crippen LogP contribution in [0.1, 0.15) is 26.2 Å². The summed E-state index contributed by atoms with van der Waals surface area (Å²) in [4.78, 5) is 0. The topological polar surface area (TPSA) is 9.23 Å². The second-order valence-electron chi connectivity index (χ2n) is 4.31. The van der Waals surface area contributed by atoms with E-state index >= 15 is 0 Å². The first-order valence-electron chi connectivity index (χ1n) is 4.82. The Morgan fingerprint density at radius 2 is 2.00 bits per heavy atom. The van der Waals surface area contributed by atoms with E-state index in [0.717, 1.165) is 30.3 Å². The first kappa shape index (κ1) is 7.60. The monoisotopic (exact) mass is 154 g/mol. The van der Waals surface area contributed by atoms with Crippen LogP contribution in [0.3, 0.4) is 0 Å². The van der Waals surface area contributed by atoms with E-state index in [2.05, 4.69) is 6.92 Å². The van der Waals surface area contributed by atoms with Gasteiger partial charge in [0.05, 0.1) is 0 Å². The lowest BCUT2D eigenvalue weighted by Crippen LogP contribution is -2.23. The van der Waals surface area contributed by atoms with Crippen LogP contribution in [-0.4, -0.2) is 13.7 Å². The number of hydrogen-bond donors (Lipinski definition) is 0. The van der Waals surface area contributed by atoms with E-state index in [1.165, 1.54) is 19.3 Å². The highest BCUT2D eigenvalue weighted by Gasteiger charge is 2.44. The predicted octanol–water partition coefficient (Wildman–Crippen LogP) is 2.32. The van der Waals surface area contributed by atoms with Crippen molar-refractivity contribution in [1.82, 2.24) is 0 Å². The maximum Gasteiger partial charge on any atom is 0.0495 e. The molecule has 64 valence electrons. The molecule has 4 atom stereocenters. The molecule has 0 aromatic heterocycles. The Bertz CT molecular complexity index is 142. The van der Waals surface area contributed by atoms with E-state index in [0.29, 0.717) is 0 Å². The molecule has 2 aliphatic rings. The summed E-state index contributed by atoms with van der Waals surface area (Å²) in [5, 5.41) is 0. The zero-order chi connectivity index (χ0) is 7.84.